The van der Waals surface area contributed by atoms with Crippen LogP contribution in [0.25, 0.3) is 0 Å². The molecule has 0 unspecified atom stereocenters. The standard InChI is InChI=1S/C16H13F2N/c17-15-6-12(7-16(18)8-15)2-1-11-3-4-13-9-19-10-14(13)5-11/h3-8,10H,1-2,9H2. The van der Waals surface area contributed by atoms with E-state index in [0.717, 1.165) is 30.2 Å². The van der Waals surface area contributed by atoms with E-state index in [0.29, 0.717) is 12.0 Å². The molecule has 1 heterocycles. The highest BCUT2D eigenvalue weighted by atomic mass is 19.1. The van der Waals surface area contributed by atoms with Crippen LogP contribution >= 0.6 is 0 Å². The maximum absolute atomic E-state index is 13.1. The quantitative estimate of drug-likeness (QED) is 0.795. The van der Waals surface area contributed by atoms with Gasteiger partial charge in [-0.15, -0.1) is 0 Å². The topological polar surface area (TPSA) is 12.4 Å². The van der Waals surface area contributed by atoms with Crippen molar-refractivity contribution in [1.29, 1.82) is 0 Å². The number of hydrogen-bond donors (Lipinski definition) is 0. The Balaban J connectivity index is 1.73. The van der Waals surface area contributed by atoms with Crippen LogP contribution in [0.2, 0.25) is 0 Å². The van der Waals surface area contributed by atoms with Gasteiger partial charge in [0.25, 0.3) is 0 Å². The van der Waals surface area contributed by atoms with Crippen LogP contribution in [-0.4, -0.2) is 6.21 Å². The van der Waals surface area contributed by atoms with Gasteiger partial charge in [0, 0.05) is 12.3 Å². The minimum atomic E-state index is -0.518. The van der Waals surface area contributed by atoms with E-state index in [-0.39, 0.29) is 0 Å². The van der Waals surface area contributed by atoms with E-state index in [4.69, 9.17) is 0 Å². The molecule has 0 radical (unpaired) electrons. The summed E-state index contributed by atoms with van der Waals surface area (Å²) in [4.78, 5) is 4.21. The van der Waals surface area contributed by atoms with Gasteiger partial charge in [0.15, 0.2) is 0 Å². The zero-order valence-electron chi connectivity index (χ0n) is 10.4. The predicted molar refractivity (Wildman–Crippen MR) is 71.5 cm³/mol. The fourth-order valence-electron chi connectivity index (χ4n) is 2.35. The second-order valence-electron chi connectivity index (χ2n) is 4.78. The van der Waals surface area contributed by atoms with Gasteiger partial charge in [0.2, 0.25) is 0 Å². The first-order valence-corrected chi connectivity index (χ1v) is 6.27. The number of hydrogen-bond acceptors (Lipinski definition) is 1. The summed E-state index contributed by atoms with van der Waals surface area (Å²) in [6.45, 7) is 0.755. The number of aryl methyl sites for hydroxylation is 2. The van der Waals surface area contributed by atoms with Crippen molar-refractivity contribution in [2.24, 2.45) is 4.99 Å². The largest absolute Gasteiger partial charge is 0.288 e. The van der Waals surface area contributed by atoms with E-state index >= 15 is 0 Å². The van der Waals surface area contributed by atoms with Crippen molar-refractivity contribution in [2.45, 2.75) is 19.4 Å². The summed E-state index contributed by atoms with van der Waals surface area (Å²) in [6, 6.07) is 9.90. The molecule has 1 aliphatic heterocycles. The smallest absolute Gasteiger partial charge is 0.126 e. The zero-order valence-corrected chi connectivity index (χ0v) is 10.4. The Morgan fingerprint density at radius 2 is 1.63 bits per heavy atom. The fourth-order valence-corrected chi connectivity index (χ4v) is 2.35. The van der Waals surface area contributed by atoms with Crippen molar-refractivity contribution in [2.75, 3.05) is 0 Å². The summed E-state index contributed by atoms with van der Waals surface area (Å²) < 4.78 is 26.2. The average Bonchev–Trinajstić information content (AvgIpc) is 2.82. The van der Waals surface area contributed by atoms with Gasteiger partial charge in [-0.05, 0) is 53.3 Å². The van der Waals surface area contributed by atoms with Crippen LogP contribution < -0.4 is 0 Å². The molecule has 3 rings (SSSR count). The highest BCUT2D eigenvalue weighted by molar-refractivity contribution is 5.84. The average molecular weight is 257 g/mol. The third-order valence-electron chi connectivity index (χ3n) is 3.33. The Hall–Kier alpha value is -2.03. The molecule has 0 saturated carbocycles. The Morgan fingerprint density at radius 1 is 0.895 bits per heavy atom. The van der Waals surface area contributed by atoms with Crippen molar-refractivity contribution in [3.05, 3.63) is 70.3 Å². The fraction of sp³-hybridized carbons (Fsp3) is 0.188. The van der Waals surface area contributed by atoms with Crippen LogP contribution in [0.15, 0.2) is 41.4 Å². The molecule has 0 aliphatic carbocycles. The molecule has 0 N–H and O–H groups in total. The first-order valence-electron chi connectivity index (χ1n) is 6.27. The van der Waals surface area contributed by atoms with E-state index in [1.54, 1.807) is 0 Å². The maximum Gasteiger partial charge on any atom is 0.126 e. The lowest BCUT2D eigenvalue weighted by Gasteiger charge is -2.05. The van der Waals surface area contributed by atoms with Crippen LogP contribution in [0.1, 0.15) is 22.3 Å². The van der Waals surface area contributed by atoms with Gasteiger partial charge in [-0.2, -0.15) is 0 Å². The normalized spacial score (nSPS) is 12.7. The van der Waals surface area contributed by atoms with Crippen LogP contribution in [0.4, 0.5) is 8.78 Å². The summed E-state index contributed by atoms with van der Waals surface area (Å²) >= 11 is 0. The lowest BCUT2D eigenvalue weighted by atomic mass is 10.0. The number of halogens is 2. The van der Waals surface area contributed by atoms with Crippen LogP contribution in [0.3, 0.4) is 0 Å². The van der Waals surface area contributed by atoms with Gasteiger partial charge in [-0.25, -0.2) is 8.78 Å². The van der Waals surface area contributed by atoms with Crippen LogP contribution in [0, 0.1) is 11.6 Å². The number of rotatable bonds is 3. The molecule has 1 nitrogen and oxygen atoms in total. The van der Waals surface area contributed by atoms with Crippen LogP contribution in [0.5, 0.6) is 0 Å². The highest BCUT2D eigenvalue weighted by Gasteiger charge is 2.07. The van der Waals surface area contributed by atoms with Gasteiger partial charge in [0.1, 0.15) is 11.6 Å². The third kappa shape index (κ3) is 2.70. The number of nitrogens with zero attached hydrogens (tertiary/aromatic N) is 1. The monoisotopic (exact) mass is 257 g/mol. The highest BCUT2D eigenvalue weighted by Crippen LogP contribution is 2.18. The zero-order chi connectivity index (χ0) is 13.2. The number of aliphatic imine (C=N–C) groups is 1. The lowest BCUT2D eigenvalue weighted by molar-refractivity contribution is 0.579. The van der Waals surface area contributed by atoms with Gasteiger partial charge in [-0.3, -0.25) is 4.99 Å². The molecule has 0 aromatic heterocycles. The van der Waals surface area contributed by atoms with Crippen LogP contribution in [-0.2, 0) is 19.4 Å². The van der Waals surface area contributed by atoms with E-state index < -0.39 is 11.6 Å². The summed E-state index contributed by atoms with van der Waals surface area (Å²) in [5.41, 5.74) is 4.24. The Labute approximate surface area is 110 Å². The minimum absolute atomic E-state index is 0.518. The van der Waals surface area contributed by atoms with E-state index in [9.17, 15) is 8.78 Å². The molecular weight excluding hydrogens is 244 g/mol. The summed E-state index contributed by atoms with van der Waals surface area (Å²) in [6.07, 6.45) is 3.27. The van der Waals surface area contributed by atoms with Gasteiger partial charge >= 0.3 is 0 Å². The Morgan fingerprint density at radius 3 is 2.42 bits per heavy atom. The summed E-state index contributed by atoms with van der Waals surface area (Å²) in [7, 11) is 0. The second kappa shape index (κ2) is 4.92. The van der Waals surface area contributed by atoms with E-state index in [2.05, 4.69) is 23.2 Å². The summed E-state index contributed by atoms with van der Waals surface area (Å²) in [5.74, 6) is -1.04. The number of benzene rings is 2. The van der Waals surface area contributed by atoms with Crippen molar-refractivity contribution in [3.63, 3.8) is 0 Å². The molecule has 0 atom stereocenters. The molecule has 0 saturated heterocycles. The van der Waals surface area contributed by atoms with E-state index in [1.807, 2.05) is 6.21 Å². The Kier molecular flexibility index (Phi) is 3.11. The molecule has 3 heteroatoms. The molecular formula is C16H13F2N. The van der Waals surface area contributed by atoms with Gasteiger partial charge < -0.3 is 0 Å². The molecule has 0 spiro atoms. The maximum atomic E-state index is 13.1. The summed E-state index contributed by atoms with van der Waals surface area (Å²) in [5, 5.41) is 0. The SMILES string of the molecule is Fc1cc(F)cc(CCc2ccc3c(c2)C=NC3)c1. The predicted octanol–water partition coefficient (Wildman–Crippen LogP) is 3.68. The van der Waals surface area contributed by atoms with E-state index in [1.165, 1.54) is 17.7 Å². The Bertz CT molecular complexity index is 627. The third-order valence-corrected chi connectivity index (χ3v) is 3.33. The number of fused-ring (bicyclic) bond motifs is 1. The molecule has 96 valence electrons. The molecule has 2 aromatic rings. The lowest BCUT2D eigenvalue weighted by Crippen LogP contribution is -1.95. The first kappa shape index (κ1) is 12.0. The molecule has 0 amide bonds. The van der Waals surface area contributed by atoms with Gasteiger partial charge in [-0.1, -0.05) is 12.1 Å². The first-order chi connectivity index (χ1) is 9.20. The van der Waals surface area contributed by atoms with Crippen molar-refractivity contribution >= 4 is 6.21 Å². The molecule has 19 heavy (non-hydrogen) atoms. The molecule has 1 aliphatic rings. The van der Waals surface area contributed by atoms with Crippen molar-refractivity contribution < 1.29 is 8.78 Å². The molecule has 2 aromatic carbocycles. The van der Waals surface area contributed by atoms with Crippen molar-refractivity contribution in [3.8, 4) is 0 Å². The molecule has 0 bridgehead atoms. The second-order valence-corrected chi connectivity index (χ2v) is 4.78. The minimum Gasteiger partial charge on any atom is -0.288 e. The van der Waals surface area contributed by atoms with Crippen molar-refractivity contribution in [1.82, 2.24) is 0 Å². The molecule has 0 fully saturated rings. The van der Waals surface area contributed by atoms with Gasteiger partial charge in [0.05, 0.1) is 6.54 Å².